The second-order valence-electron chi connectivity index (χ2n) is 10.8. The molecule has 3 N–H and O–H groups in total. The number of hydrogen-bond acceptors (Lipinski definition) is 7. The number of nitrogens with one attached hydrogen (secondary N) is 3. The van der Waals surface area contributed by atoms with Gasteiger partial charge in [0.15, 0.2) is 0 Å². The quantitative estimate of drug-likeness (QED) is 0.336. The van der Waals surface area contributed by atoms with Gasteiger partial charge in [-0.1, -0.05) is 11.6 Å². The van der Waals surface area contributed by atoms with Crippen LogP contribution >= 0.6 is 0 Å². The minimum Gasteiger partial charge on any atom is -0.412 e. The van der Waals surface area contributed by atoms with Gasteiger partial charge in [0.1, 0.15) is 23.1 Å². The molecule has 3 fully saturated rings. The van der Waals surface area contributed by atoms with Crippen LogP contribution in [0.2, 0.25) is 0 Å². The van der Waals surface area contributed by atoms with Gasteiger partial charge < -0.3 is 34.9 Å². The number of hydrogen-bond donors (Lipinski definition) is 3. The molecular weight excluding hydrogens is 450 g/mol. The zero-order valence-electron chi connectivity index (χ0n) is 21.6. The minimum atomic E-state index is -0.463. The highest BCUT2D eigenvalue weighted by Crippen LogP contribution is 2.59. The van der Waals surface area contributed by atoms with Gasteiger partial charge in [-0.05, 0) is 66.0 Å². The van der Waals surface area contributed by atoms with Crippen molar-refractivity contribution >= 4 is 12.0 Å². The maximum Gasteiger partial charge on any atom is 0.412 e. The standard InChI is InChI=1S/C26H41N3O6/c1-16(2)6-11-20-25(3,35-20)23-22(32-5)19(12-13-26(23)15-33-26)34-24(31)29-18-9-7-17(8-10-18)28-21(30)14-27-4/h6,12,17-18,20,22-23,27H,7-11,13-15H2,1-5H3,(H,28,30)(H,29,31)/t17-,18-,20-,22?,23?,25?,26+/m1/s1. The molecule has 0 aromatic carbocycles. The summed E-state index contributed by atoms with van der Waals surface area (Å²) in [5.41, 5.74) is 0.565. The van der Waals surface area contributed by atoms with Gasteiger partial charge in [0.05, 0.1) is 25.2 Å². The Kier molecular flexibility index (Phi) is 7.90. The third kappa shape index (κ3) is 5.90. The van der Waals surface area contributed by atoms with Crippen LogP contribution in [0.15, 0.2) is 23.5 Å². The fourth-order valence-corrected chi connectivity index (χ4v) is 5.82. The van der Waals surface area contributed by atoms with E-state index < -0.39 is 17.8 Å². The normalized spacial score (nSPS) is 37.7. The Bertz CT molecular complexity index is 857. The number of methoxy groups -OCH3 is 1. The van der Waals surface area contributed by atoms with E-state index in [9.17, 15) is 9.59 Å². The highest BCUT2D eigenvalue weighted by molar-refractivity contribution is 5.78. The number of carbonyl (C=O) groups excluding carboxylic acids is 2. The number of likely N-dealkylation sites (N-methyl/N-ethyl adjacent to an activating group) is 1. The molecule has 35 heavy (non-hydrogen) atoms. The number of carbonyl (C=O) groups is 2. The summed E-state index contributed by atoms with van der Waals surface area (Å²) in [6.45, 7) is 7.27. The number of amides is 2. The summed E-state index contributed by atoms with van der Waals surface area (Å²) < 4.78 is 23.9. The molecule has 9 heteroatoms. The Morgan fingerprint density at radius 2 is 1.83 bits per heavy atom. The zero-order chi connectivity index (χ0) is 25.2. The SMILES string of the molecule is CNCC(=O)N[C@H]1CC[C@H](NC(=O)OC2=CC[C@]3(CO3)C(C3(C)O[C@@H]3CC=C(C)C)C2OC)CC1. The molecule has 1 spiro atoms. The monoisotopic (exact) mass is 491 g/mol. The maximum absolute atomic E-state index is 12.8. The number of alkyl carbamates (subject to hydrolysis) is 1. The third-order valence-electron chi connectivity index (χ3n) is 7.87. The Labute approximate surface area is 208 Å². The van der Waals surface area contributed by atoms with Crippen LogP contribution in [-0.2, 0) is 23.7 Å². The van der Waals surface area contributed by atoms with E-state index in [1.165, 1.54) is 5.57 Å². The van der Waals surface area contributed by atoms with Gasteiger partial charge in [-0.2, -0.15) is 0 Å². The van der Waals surface area contributed by atoms with Crippen molar-refractivity contribution in [1.29, 1.82) is 0 Å². The van der Waals surface area contributed by atoms with Crippen molar-refractivity contribution in [3.63, 3.8) is 0 Å². The van der Waals surface area contributed by atoms with Crippen LogP contribution in [0.1, 0.15) is 59.3 Å². The predicted molar refractivity (Wildman–Crippen MR) is 131 cm³/mol. The van der Waals surface area contributed by atoms with Gasteiger partial charge in [0, 0.05) is 25.6 Å². The molecule has 2 saturated heterocycles. The van der Waals surface area contributed by atoms with Crippen molar-refractivity contribution in [2.45, 2.75) is 94.8 Å². The highest BCUT2D eigenvalue weighted by atomic mass is 16.6. The summed E-state index contributed by atoms with van der Waals surface area (Å²) in [6.07, 6.45) is 8.11. The lowest BCUT2D eigenvalue weighted by atomic mass is 9.71. The van der Waals surface area contributed by atoms with Crippen molar-refractivity contribution in [3.8, 4) is 0 Å². The first kappa shape index (κ1) is 26.1. The van der Waals surface area contributed by atoms with Crippen molar-refractivity contribution < 1.29 is 28.5 Å². The fraction of sp³-hybridized carbons (Fsp3) is 0.769. The van der Waals surface area contributed by atoms with Crippen LogP contribution in [0.25, 0.3) is 0 Å². The summed E-state index contributed by atoms with van der Waals surface area (Å²) in [4.78, 5) is 24.6. The summed E-state index contributed by atoms with van der Waals surface area (Å²) in [6, 6.07) is 0.176. The molecule has 9 nitrogen and oxygen atoms in total. The average molecular weight is 492 g/mol. The van der Waals surface area contributed by atoms with E-state index >= 15 is 0 Å². The molecule has 4 aliphatic rings. The third-order valence-corrected chi connectivity index (χ3v) is 7.87. The number of epoxide rings is 2. The van der Waals surface area contributed by atoms with Crippen LogP contribution in [0, 0.1) is 5.92 Å². The Hall–Kier alpha value is -1.94. The molecule has 5 atom stereocenters. The molecule has 0 radical (unpaired) electrons. The molecule has 0 aromatic rings. The maximum atomic E-state index is 12.8. The smallest absolute Gasteiger partial charge is 0.412 e. The first-order valence-electron chi connectivity index (χ1n) is 12.8. The van der Waals surface area contributed by atoms with Crippen LogP contribution in [0.4, 0.5) is 4.79 Å². The van der Waals surface area contributed by atoms with Gasteiger partial charge in [-0.3, -0.25) is 4.79 Å². The van der Waals surface area contributed by atoms with Gasteiger partial charge >= 0.3 is 6.09 Å². The Balaban J connectivity index is 1.32. The van der Waals surface area contributed by atoms with Crippen molar-refractivity contribution in [3.05, 3.63) is 23.5 Å². The topological polar surface area (TPSA) is 114 Å². The lowest BCUT2D eigenvalue weighted by Crippen LogP contribution is -2.50. The van der Waals surface area contributed by atoms with E-state index in [1.807, 2.05) is 6.08 Å². The molecule has 4 rings (SSSR count). The minimum absolute atomic E-state index is 0.00144. The molecule has 2 aliphatic heterocycles. The number of ether oxygens (including phenoxy) is 4. The molecule has 2 heterocycles. The van der Waals surface area contributed by atoms with E-state index in [4.69, 9.17) is 18.9 Å². The lowest BCUT2D eigenvalue weighted by molar-refractivity contribution is -0.121. The molecule has 0 bridgehead atoms. The summed E-state index contributed by atoms with van der Waals surface area (Å²) in [5.74, 6) is 0.475. The van der Waals surface area contributed by atoms with Crippen molar-refractivity contribution in [2.24, 2.45) is 5.92 Å². The summed E-state index contributed by atoms with van der Waals surface area (Å²) in [7, 11) is 3.40. The van der Waals surface area contributed by atoms with Crippen LogP contribution in [-0.4, -0.2) is 74.8 Å². The molecule has 0 aromatic heterocycles. The van der Waals surface area contributed by atoms with E-state index in [0.717, 1.165) is 32.1 Å². The average Bonchev–Trinajstić information content (AvgIpc) is 3.72. The molecule has 1 saturated carbocycles. The van der Waals surface area contributed by atoms with E-state index in [0.29, 0.717) is 25.3 Å². The molecule has 2 amide bonds. The van der Waals surface area contributed by atoms with E-state index in [-0.39, 0.29) is 35.6 Å². The second kappa shape index (κ2) is 10.6. The van der Waals surface area contributed by atoms with Gasteiger partial charge in [0.2, 0.25) is 5.91 Å². The molecule has 2 aliphatic carbocycles. The first-order valence-corrected chi connectivity index (χ1v) is 12.8. The highest BCUT2D eigenvalue weighted by Gasteiger charge is 2.71. The van der Waals surface area contributed by atoms with Crippen LogP contribution in [0.5, 0.6) is 0 Å². The van der Waals surface area contributed by atoms with Crippen molar-refractivity contribution in [2.75, 3.05) is 27.3 Å². The summed E-state index contributed by atoms with van der Waals surface area (Å²) in [5, 5.41) is 8.89. The fourth-order valence-electron chi connectivity index (χ4n) is 5.82. The van der Waals surface area contributed by atoms with Crippen molar-refractivity contribution in [1.82, 2.24) is 16.0 Å². The molecule has 196 valence electrons. The van der Waals surface area contributed by atoms with E-state index in [2.05, 4.69) is 42.8 Å². The lowest BCUT2D eigenvalue weighted by Gasteiger charge is -2.38. The van der Waals surface area contributed by atoms with Crippen LogP contribution < -0.4 is 16.0 Å². The van der Waals surface area contributed by atoms with Gasteiger partial charge in [0.25, 0.3) is 0 Å². The Morgan fingerprint density at radius 3 is 2.40 bits per heavy atom. The second-order valence-corrected chi connectivity index (χ2v) is 10.8. The number of rotatable bonds is 9. The van der Waals surface area contributed by atoms with Gasteiger partial charge in [-0.25, -0.2) is 4.79 Å². The molecular formula is C26H41N3O6. The predicted octanol–water partition coefficient (Wildman–Crippen LogP) is 2.56. The van der Waals surface area contributed by atoms with Gasteiger partial charge in [-0.15, -0.1) is 0 Å². The number of allylic oxidation sites excluding steroid dienone is 1. The summed E-state index contributed by atoms with van der Waals surface area (Å²) >= 11 is 0. The first-order chi connectivity index (χ1) is 16.7. The largest absolute Gasteiger partial charge is 0.412 e. The Morgan fingerprint density at radius 1 is 1.17 bits per heavy atom. The van der Waals surface area contributed by atoms with Crippen LogP contribution in [0.3, 0.4) is 0 Å². The molecule has 3 unspecified atom stereocenters. The zero-order valence-corrected chi connectivity index (χ0v) is 21.6. The van der Waals surface area contributed by atoms with E-state index in [1.54, 1.807) is 14.2 Å².